The number of carbonyl (C=O) groups is 5. The number of primary amides is 1. The summed E-state index contributed by atoms with van der Waals surface area (Å²) >= 11 is 0. The van der Waals surface area contributed by atoms with Gasteiger partial charge in [0.2, 0.25) is 17.6 Å². The molecule has 1 aliphatic heterocycles. The number of aliphatic hydroxyl groups is 1. The lowest BCUT2D eigenvalue weighted by Crippen LogP contribution is -2.66. The molecule has 3 amide bonds. The van der Waals surface area contributed by atoms with Crippen LogP contribution >= 0.6 is 0 Å². The van der Waals surface area contributed by atoms with Gasteiger partial charge in [0.25, 0.3) is 5.91 Å². The maximum Gasteiger partial charge on any atom is 0.326 e. The van der Waals surface area contributed by atoms with Gasteiger partial charge in [0, 0.05) is 6.54 Å². The molecule has 4 rings (SSSR count). The first-order chi connectivity index (χ1) is 24.1. The Morgan fingerprint density at radius 3 is 2.18 bits per heavy atom. The van der Waals surface area contributed by atoms with Crippen LogP contribution in [0.4, 0.5) is 0 Å². The Kier molecular flexibility index (Phi) is 13.7. The third kappa shape index (κ3) is 10.1. The molecule has 13 heteroatoms. The predicted octanol–water partition coefficient (Wildman–Crippen LogP) is 2.91. The lowest BCUT2D eigenvalue weighted by Gasteiger charge is -2.41. The molecular weight excluding hydrogens is 654 g/mol. The van der Waals surface area contributed by atoms with Crippen LogP contribution in [-0.2, 0) is 35.3 Å². The van der Waals surface area contributed by atoms with Crippen molar-refractivity contribution in [3.8, 4) is 5.75 Å². The van der Waals surface area contributed by atoms with Gasteiger partial charge in [-0.3, -0.25) is 34.6 Å². The first-order valence-corrected chi connectivity index (χ1v) is 18.5. The molecule has 2 unspecified atom stereocenters. The Balaban J connectivity index is 1.50. The zero-order valence-electron chi connectivity index (χ0n) is 31.2. The van der Waals surface area contributed by atoms with Gasteiger partial charge in [0.05, 0.1) is 19.2 Å². The first kappa shape index (κ1) is 40.2. The van der Waals surface area contributed by atoms with Crippen LogP contribution in [0.15, 0.2) is 24.3 Å². The summed E-state index contributed by atoms with van der Waals surface area (Å²) < 4.78 is 11.0. The molecule has 1 saturated heterocycles. The minimum absolute atomic E-state index is 0.0406. The molecule has 1 aromatic rings. The molecule has 0 spiro atoms. The number of rotatable bonds is 16. The van der Waals surface area contributed by atoms with E-state index in [0.717, 1.165) is 44.1 Å². The van der Waals surface area contributed by atoms with Crippen LogP contribution in [0.25, 0.3) is 0 Å². The van der Waals surface area contributed by atoms with Crippen molar-refractivity contribution >= 4 is 29.5 Å². The number of ether oxygens (including phenoxy) is 2. The number of methoxy groups -OCH3 is 1. The Bertz CT molecular complexity index is 1380. The largest absolute Gasteiger partial charge is 0.497 e. The van der Waals surface area contributed by atoms with E-state index in [9.17, 15) is 29.1 Å². The molecule has 1 aromatic carbocycles. The highest BCUT2D eigenvalue weighted by Gasteiger charge is 2.49. The lowest BCUT2D eigenvalue weighted by atomic mass is 9.80. The highest BCUT2D eigenvalue weighted by molar-refractivity contribution is 6.37. The summed E-state index contributed by atoms with van der Waals surface area (Å²) in [4.78, 5) is 68.4. The number of benzene rings is 1. The van der Waals surface area contributed by atoms with E-state index in [-0.39, 0.29) is 30.3 Å². The Hall–Kier alpha value is -3.55. The van der Waals surface area contributed by atoms with Crippen LogP contribution in [-0.4, -0.2) is 83.2 Å². The van der Waals surface area contributed by atoms with Crippen molar-refractivity contribution in [1.82, 2.24) is 20.9 Å². The highest BCUT2D eigenvalue weighted by atomic mass is 16.5. The fraction of sp³-hybridized carbons (Fsp3) is 0.711. The number of aliphatic hydroxyl groups excluding tert-OH is 1. The van der Waals surface area contributed by atoms with E-state index in [1.807, 2.05) is 46.8 Å². The second-order valence-electron chi connectivity index (χ2n) is 16.1. The molecule has 51 heavy (non-hydrogen) atoms. The second-order valence-corrected chi connectivity index (χ2v) is 16.1. The molecule has 0 aromatic heterocycles. The number of Topliss-reactive ketones (excluding diaryl/α,β-unsaturated/α-hetero) is 1. The van der Waals surface area contributed by atoms with Gasteiger partial charge in [-0.15, -0.1) is 0 Å². The smallest absolute Gasteiger partial charge is 0.326 e. The molecule has 13 nitrogen and oxygen atoms in total. The van der Waals surface area contributed by atoms with E-state index in [1.165, 1.54) is 4.90 Å². The fourth-order valence-electron chi connectivity index (χ4n) is 7.71. The van der Waals surface area contributed by atoms with Gasteiger partial charge in [-0.05, 0) is 66.5 Å². The maximum atomic E-state index is 14.5. The minimum Gasteiger partial charge on any atom is -0.497 e. The standard InChI is InChI=1S/C38H59N5O8/c1-23(2)27-17-20-43(29(27)33(46)40-28(30(44)32(39)45)21-24-11-10-12-24)34(47)31(37(3,4)5)41-36(49)42-38(18-8-7-9-19-38)35(48)51-22-25-13-15-26(50-6)16-14-25/h13-16,23-24,27-29,31,36,41-42,49H,7-12,17-22H2,1-6H3,(H2,39,45)(H,40,46)/t27-,28?,29+,31-,36?/m1/s1. The van der Waals surface area contributed by atoms with Crippen LogP contribution in [0.3, 0.4) is 0 Å². The van der Waals surface area contributed by atoms with Crippen molar-refractivity contribution in [2.24, 2.45) is 28.9 Å². The average molecular weight is 714 g/mol. The average Bonchev–Trinajstić information content (AvgIpc) is 3.52. The van der Waals surface area contributed by atoms with Gasteiger partial charge in [-0.1, -0.05) is 85.3 Å². The van der Waals surface area contributed by atoms with Crippen LogP contribution < -0.4 is 26.4 Å². The topological polar surface area (TPSA) is 189 Å². The molecule has 2 aliphatic carbocycles. The van der Waals surface area contributed by atoms with Gasteiger partial charge in [-0.2, -0.15) is 0 Å². The van der Waals surface area contributed by atoms with Crippen molar-refractivity contribution in [2.75, 3.05) is 13.7 Å². The summed E-state index contributed by atoms with van der Waals surface area (Å²) in [6.45, 7) is 9.92. The molecule has 3 fully saturated rings. The third-order valence-electron chi connectivity index (χ3n) is 11.0. The van der Waals surface area contributed by atoms with E-state index in [2.05, 4.69) is 16.0 Å². The molecule has 0 radical (unpaired) electrons. The SMILES string of the molecule is COc1ccc(COC(=O)C2(NC(O)N[C@H](C(=O)N3CC[C@H](C(C)C)[C@H]3C(=O)NC(CC3CCC3)C(=O)C(N)=O)C(C)(C)C)CCCCC2)cc1. The van der Waals surface area contributed by atoms with Crippen molar-refractivity contribution in [1.29, 1.82) is 0 Å². The number of carbonyl (C=O) groups excluding carboxylic acids is 5. The number of ketones is 1. The number of likely N-dealkylation sites (tertiary alicyclic amines) is 1. The predicted molar refractivity (Wildman–Crippen MR) is 191 cm³/mol. The minimum atomic E-state index is -1.46. The molecule has 5 atom stereocenters. The number of nitrogens with two attached hydrogens (primary N) is 1. The summed E-state index contributed by atoms with van der Waals surface area (Å²) in [6, 6.07) is 4.32. The highest BCUT2D eigenvalue weighted by Crippen LogP contribution is 2.35. The lowest BCUT2D eigenvalue weighted by molar-refractivity contribution is -0.158. The molecule has 2 saturated carbocycles. The molecule has 1 heterocycles. The molecule has 3 aliphatic rings. The van der Waals surface area contributed by atoms with Crippen LogP contribution in [0, 0.1) is 23.2 Å². The Morgan fingerprint density at radius 2 is 1.65 bits per heavy atom. The van der Waals surface area contributed by atoms with Gasteiger partial charge in [-0.25, -0.2) is 0 Å². The van der Waals surface area contributed by atoms with E-state index in [4.69, 9.17) is 15.2 Å². The van der Waals surface area contributed by atoms with Crippen molar-refractivity contribution < 1.29 is 38.6 Å². The third-order valence-corrected chi connectivity index (χ3v) is 11.0. The number of esters is 1. The van der Waals surface area contributed by atoms with Crippen LogP contribution in [0.2, 0.25) is 0 Å². The number of hydrogen-bond donors (Lipinski definition) is 5. The van der Waals surface area contributed by atoms with Crippen molar-refractivity contribution in [2.45, 2.75) is 135 Å². The molecular formula is C38H59N5O8. The number of nitrogens with one attached hydrogen (secondary N) is 3. The number of hydrogen-bond acceptors (Lipinski definition) is 10. The van der Waals surface area contributed by atoms with Gasteiger partial charge in [0.15, 0.2) is 6.35 Å². The van der Waals surface area contributed by atoms with E-state index in [1.54, 1.807) is 19.2 Å². The quantitative estimate of drug-likeness (QED) is 0.0968. The normalized spacial score (nSPS) is 22.4. The van der Waals surface area contributed by atoms with Gasteiger partial charge < -0.3 is 30.5 Å². The summed E-state index contributed by atoms with van der Waals surface area (Å²) in [5.41, 5.74) is 4.27. The van der Waals surface area contributed by atoms with Crippen molar-refractivity contribution in [3.63, 3.8) is 0 Å². The molecule has 284 valence electrons. The first-order valence-electron chi connectivity index (χ1n) is 18.5. The van der Waals surface area contributed by atoms with E-state index in [0.29, 0.717) is 38.0 Å². The van der Waals surface area contributed by atoms with E-state index >= 15 is 0 Å². The molecule has 0 bridgehead atoms. The Morgan fingerprint density at radius 1 is 1.00 bits per heavy atom. The van der Waals surface area contributed by atoms with Crippen LogP contribution in [0.1, 0.15) is 104 Å². The van der Waals surface area contributed by atoms with Crippen LogP contribution in [0.5, 0.6) is 5.75 Å². The van der Waals surface area contributed by atoms with E-state index < -0.39 is 59.0 Å². The fourth-order valence-corrected chi connectivity index (χ4v) is 7.71. The summed E-state index contributed by atoms with van der Waals surface area (Å²) in [6.07, 6.45) is 5.69. The second kappa shape index (κ2) is 17.3. The molecule has 6 N–H and O–H groups in total. The summed E-state index contributed by atoms with van der Waals surface area (Å²) in [7, 11) is 1.58. The zero-order chi connectivity index (χ0) is 37.5. The monoisotopic (exact) mass is 713 g/mol. The zero-order valence-corrected chi connectivity index (χ0v) is 31.2. The number of nitrogens with zero attached hydrogens (tertiary/aromatic N) is 1. The Labute approximate surface area is 302 Å². The van der Waals surface area contributed by atoms with Gasteiger partial charge in [0.1, 0.15) is 23.9 Å². The van der Waals surface area contributed by atoms with Crippen molar-refractivity contribution in [3.05, 3.63) is 29.8 Å². The summed E-state index contributed by atoms with van der Waals surface area (Å²) in [5, 5.41) is 20.4. The number of amides is 3. The maximum absolute atomic E-state index is 14.5. The summed E-state index contributed by atoms with van der Waals surface area (Å²) in [5.74, 6) is -2.54. The van der Waals surface area contributed by atoms with Gasteiger partial charge >= 0.3 is 5.97 Å².